The van der Waals surface area contributed by atoms with Crippen LogP contribution >= 0.6 is 22.9 Å². The fraction of sp³-hybridized carbons (Fsp3) is 0.200. The van der Waals surface area contributed by atoms with Crippen molar-refractivity contribution in [2.24, 2.45) is 5.10 Å². The lowest BCUT2D eigenvalue weighted by Crippen LogP contribution is -2.22. The van der Waals surface area contributed by atoms with Crippen molar-refractivity contribution >= 4 is 52.0 Å². The topological polar surface area (TPSA) is 83.9 Å². The number of halogens is 1. The summed E-state index contributed by atoms with van der Waals surface area (Å²) in [7, 11) is 0. The Hall–Kier alpha value is -2.45. The van der Waals surface area contributed by atoms with Gasteiger partial charge in [-0.2, -0.15) is 5.10 Å². The number of anilines is 2. The smallest absolute Gasteiger partial charge is 0.427 e. The number of hydrogen-bond donors (Lipinski definition) is 1. The number of hydrogen-bond acceptors (Lipinski definition) is 6. The van der Waals surface area contributed by atoms with Crippen molar-refractivity contribution in [1.29, 1.82) is 0 Å². The van der Waals surface area contributed by atoms with Gasteiger partial charge in [0.15, 0.2) is 5.13 Å². The summed E-state index contributed by atoms with van der Waals surface area (Å²) in [5.41, 5.74) is 3.33. The highest BCUT2D eigenvalue weighted by Gasteiger charge is 2.17. The van der Waals surface area contributed by atoms with Gasteiger partial charge in [-0.3, -0.25) is 9.69 Å². The Bertz CT molecular complexity index is 763. The molecule has 9 heteroatoms. The van der Waals surface area contributed by atoms with E-state index >= 15 is 0 Å². The standard InChI is InChI=1S/C15H15ClN4O3S/c1-3-23-15(22)19-17-8-12-9-24-14(18-12)20(10(2)21)13-6-4-5-11(16)7-13/h4-9H,3H2,1-2H3,(H,19,22)/b17-8-. The molecule has 0 saturated carbocycles. The number of carbonyl (C=O) groups is 2. The molecule has 1 N–H and O–H groups in total. The summed E-state index contributed by atoms with van der Waals surface area (Å²) in [4.78, 5) is 28.9. The predicted molar refractivity (Wildman–Crippen MR) is 94.1 cm³/mol. The molecule has 1 heterocycles. The molecule has 126 valence electrons. The van der Waals surface area contributed by atoms with E-state index in [1.54, 1.807) is 36.6 Å². The van der Waals surface area contributed by atoms with Gasteiger partial charge in [-0.15, -0.1) is 11.3 Å². The van der Waals surface area contributed by atoms with E-state index in [9.17, 15) is 9.59 Å². The summed E-state index contributed by atoms with van der Waals surface area (Å²) >= 11 is 7.25. The molecule has 0 saturated heterocycles. The Labute approximate surface area is 147 Å². The second-order valence-corrected chi connectivity index (χ2v) is 5.75. The van der Waals surface area contributed by atoms with Crippen molar-refractivity contribution in [2.75, 3.05) is 11.5 Å². The highest BCUT2D eigenvalue weighted by atomic mass is 35.5. The molecule has 0 spiro atoms. The lowest BCUT2D eigenvalue weighted by Gasteiger charge is -2.17. The van der Waals surface area contributed by atoms with E-state index in [2.05, 4.69) is 20.2 Å². The first-order chi connectivity index (χ1) is 11.5. The Morgan fingerprint density at radius 1 is 1.50 bits per heavy atom. The molecule has 0 aliphatic rings. The third-order valence-corrected chi connectivity index (χ3v) is 3.79. The zero-order valence-corrected chi connectivity index (χ0v) is 14.6. The maximum absolute atomic E-state index is 12.0. The van der Waals surface area contributed by atoms with E-state index < -0.39 is 6.09 Å². The lowest BCUT2D eigenvalue weighted by atomic mass is 10.3. The van der Waals surface area contributed by atoms with Gasteiger partial charge >= 0.3 is 6.09 Å². The van der Waals surface area contributed by atoms with Crippen LogP contribution in [0, 0.1) is 0 Å². The van der Waals surface area contributed by atoms with Crippen molar-refractivity contribution in [3.8, 4) is 0 Å². The first-order valence-corrected chi connectivity index (χ1v) is 8.24. The highest BCUT2D eigenvalue weighted by Crippen LogP contribution is 2.30. The quantitative estimate of drug-likeness (QED) is 0.647. The summed E-state index contributed by atoms with van der Waals surface area (Å²) in [5, 5.41) is 6.45. The summed E-state index contributed by atoms with van der Waals surface area (Å²) in [6.07, 6.45) is 0.723. The van der Waals surface area contributed by atoms with E-state index in [1.807, 2.05) is 0 Å². The van der Waals surface area contributed by atoms with Gasteiger partial charge in [0.25, 0.3) is 0 Å². The van der Waals surface area contributed by atoms with Crippen LogP contribution in [0.1, 0.15) is 19.5 Å². The van der Waals surface area contributed by atoms with Crippen LogP contribution in [0.25, 0.3) is 0 Å². The fourth-order valence-corrected chi connectivity index (χ4v) is 2.82. The van der Waals surface area contributed by atoms with Gasteiger partial charge in [-0.1, -0.05) is 17.7 Å². The van der Waals surface area contributed by atoms with Crippen LogP contribution in [0.5, 0.6) is 0 Å². The maximum atomic E-state index is 12.0. The normalized spacial score (nSPS) is 10.6. The van der Waals surface area contributed by atoms with E-state index in [-0.39, 0.29) is 12.5 Å². The Balaban J connectivity index is 2.16. The van der Waals surface area contributed by atoms with Crippen LogP contribution in [0.2, 0.25) is 5.02 Å². The highest BCUT2D eigenvalue weighted by molar-refractivity contribution is 7.14. The number of benzene rings is 1. The van der Waals surface area contributed by atoms with Crippen molar-refractivity contribution in [3.63, 3.8) is 0 Å². The minimum absolute atomic E-state index is 0.195. The number of rotatable bonds is 5. The number of ether oxygens (including phenoxy) is 1. The minimum atomic E-state index is -0.645. The Kier molecular flexibility index (Phi) is 6.28. The molecule has 0 aliphatic carbocycles. The molecule has 1 aromatic carbocycles. The van der Waals surface area contributed by atoms with Crippen molar-refractivity contribution in [3.05, 3.63) is 40.4 Å². The first kappa shape index (κ1) is 17.9. The van der Waals surface area contributed by atoms with Gasteiger partial charge in [-0.05, 0) is 25.1 Å². The number of amides is 2. The molecule has 0 radical (unpaired) electrons. The summed E-state index contributed by atoms with van der Waals surface area (Å²) in [6.45, 7) is 3.40. The van der Waals surface area contributed by atoms with E-state index in [4.69, 9.17) is 11.6 Å². The largest absolute Gasteiger partial charge is 0.449 e. The average Bonchev–Trinajstić information content (AvgIpc) is 2.96. The monoisotopic (exact) mass is 366 g/mol. The van der Waals surface area contributed by atoms with Crippen molar-refractivity contribution < 1.29 is 14.3 Å². The van der Waals surface area contributed by atoms with Gasteiger partial charge in [0.1, 0.15) is 0 Å². The number of nitrogens with one attached hydrogen (secondary N) is 1. The van der Waals surface area contributed by atoms with Crippen LogP contribution in [-0.2, 0) is 9.53 Å². The van der Waals surface area contributed by atoms with Crippen LogP contribution in [0.15, 0.2) is 34.7 Å². The van der Waals surface area contributed by atoms with Crippen LogP contribution in [0.3, 0.4) is 0 Å². The minimum Gasteiger partial charge on any atom is -0.449 e. The van der Waals surface area contributed by atoms with Crippen LogP contribution in [-0.4, -0.2) is 29.8 Å². The molecule has 2 rings (SSSR count). The molecule has 0 bridgehead atoms. The number of hydrazone groups is 1. The third kappa shape index (κ3) is 4.77. The van der Waals surface area contributed by atoms with Crippen LogP contribution < -0.4 is 10.3 Å². The predicted octanol–water partition coefficient (Wildman–Crippen LogP) is 3.56. The number of thiazole rings is 1. The number of carbonyl (C=O) groups excluding carboxylic acids is 2. The molecule has 0 aliphatic heterocycles. The van der Waals surface area contributed by atoms with Gasteiger partial charge < -0.3 is 4.74 Å². The van der Waals surface area contributed by atoms with Gasteiger partial charge in [0, 0.05) is 17.3 Å². The van der Waals surface area contributed by atoms with E-state index in [1.165, 1.54) is 29.4 Å². The molecule has 0 atom stereocenters. The summed E-state index contributed by atoms with van der Waals surface area (Å²) in [5.74, 6) is -0.195. The van der Waals surface area contributed by atoms with Crippen molar-refractivity contribution in [2.45, 2.75) is 13.8 Å². The molecule has 1 aromatic heterocycles. The zero-order valence-electron chi connectivity index (χ0n) is 13.0. The van der Waals surface area contributed by atoms with Gasteiger partial charge in [-0.25, -0.2) is 15.2 Å². The maximum Gasteiger partial charge on any atom is 0.427 e. The number of aromatic nitrogens is 1. The Morgan fingerprint density at radius 3 is 2.96 bits per heavy atom. The second-order valence-electron chi connectivity index (χ2n) is 4.48. The fourth-order valence-electron chi connectivity index (χ4n) is 1.79. The number of nitrogens with zero attached hydrogens (tertiary/aromatic N) is 3. The molecule has 7 nitrogen and oxygen atoms in total. The molecular weight excluding hydrogens is 352 g/mol. The molecule has 2 aromatic rings. The van der Waals surface area contributed by atoms with E-state index in [0.717, 1.165) is 0 Å². The van der Waals surface area contributed by atoms with Gasteiger partial charge in [0.05, 0.1) is 24.2 Å². The SMILES string of the molecule is CCOC(=O)N/N=C\c1csc(N(C(C)=O)c2cccc(Cl)c2)n1. The first-order valence-electron chi connectivity index (χ1n) is 6.99. The summed E-state index contributed by atoms with van der Waals surface area (Å²) in [6, 6.07) is 6.93. The summed E-state index contributed by atoms with van der Waals surface area (Å²) < 4.78 is 4.68. The molecular formula is C15H15ClN4O3S. The van der Waals surface area contributed by atoms with Gasteiger partial charge in [0.2, 0.25) is 5.91 Å². The average molecular weight is 367 g/mol. The zero-order chi connectivity index (χ0) is 17.5. The van der Waals surface area contributed by atoms with Crippen LogP contribution in [0.4, 0.5) is 15.6 Å². The van der Waals surface area contributed by atoms with E-state index in [0.29, 0.717) is 21.5 Å². The van der Waals surface area contributed by atoms with Crippen molar-refractivity contribution in [1.82, 2.24) is 10.4 Å². The molecule has 0 unspecified atom stereocenters. The Morgan fingerprint density at radius 2 is 2.29 bits per heavy atom. The molecule has 2 amide bonds. The molecule has 0 fully saturated rings. The second kappa shape index (κ2) is 8.42. The third-order valence-electron chi connectivity index (χ3n) is 2.71. The lowest BCUT2D eigenvalue weighted by molar-refractivity contribution is -0.115. The molecule has 24 heavy (non-hydrogen) atoms.